The quantitative estimate of drug-likeness (QED) is 0.573. The number of aliphatic hydroxyl groups excluding tert-OH is 1. The van der Waals surface area contributed by atoms with E-state index in [4.69, 9.17) is 10.8 Å². The number of phenols is 1. The van der Waals surface area contributed by atoms with Crippen molar-refractivity contribution in [2.75, 3.05) is 6.61 Å². The van der Waals surface area contributed by atoms with Gasteiger partial charge in [0.1, 0.15) is 5.75 Å². The van der Waals surface area contributed by atoms with Gasteiger partial charge >= 0.3 is 0 Å². The Morgan fingerprint density at radius 1 is 1.05 bits per heavy atom. The lowest BCUT2D eigenvalue weighted by atomic mass is 9.98. The molecule has 0 bridgehead atoms. The zero-order valence-corrected chi connectivity index (χ0v) is 13.5. The van der Waals surface area contributed by atoms with Gasteiger partial charge in [-0.2, -0.15) is 0 Å². The maximum absolute atomic E-state index is 9.86. The largest absolute Gasteiger partial charge is 0.508 e. The van der Waals surface area contributed by atoms with Crippen LogP contribution in [0.5, 0.6) is 5.75 Å². The van der Waals surface area contributed by atoms with Crippen LogP contribution in [-0.4, -0.2) is 16.8 Å². The molecule has 0 radical (unpaired) electrons. The van der Waals surface area contributed by atoms with E-state index >= 15 is 0 Å². The number of hydrogen-bond acceptors (Lipinski definition) is 3. The minimum atomic E-state index is -0.291. The highest BCUT2D eigenvalue weighted by Crippen LogP contribution is 2.26. The Labute approximate surface area is 129 Å². The van der Waals surface area contributed by atoms with Crippen molar-refractivity contribution in [3.05, 3.63) is 29.3 Å². The van der Waals surface area contributed by atoms with Gasteiger partial charge in [0, 0.05) is 18.2 Å². The minimum Gasteiger partial charge on any atom is -0.508 e. The molecule has 1 aromatic rings. The number of hydrogen-bond donors (Lipinski definition) is 3. The van der Waals surface area contributed by atoms with Crippen LogP contribution in [0.3, 0.4) is 0 Å². The summed E-state index contributed by atoms with van der Waals surface area (Å²) in [7, 11) is 0. The topological polar surface area (TPSA) is 66.5 Å². The van der Waals surface area contributed by atoms with E-state index in [2.05, 4.69) is 13.8 Å². The molecule has 0 amide bonds. The minimum absolute atomic E-state index is 0.0423. The number of nitrogens with two attached hydrogens (primary N) is 1. The average molecular weight is 293 g/mol. The molecule has 3 nitrogen and oxygen atoms in total. The maximum Gasteiger partial charge on any atom is 0.120 e. The van der Waals surface area contributed by atoms with Gasteiger partial charge in [-0.1, -0.05) is 51.7 Å². The normalized spacial score (nSPS) is 12.8. The molecule has 1 rings (SSSR count). The van der Waals surface area contributed by atoms with Crippen LogP contribution in [-0.2, 0) is 6.42 Å². The van der Waals surface area contributed by atoms with Gasteiger partial charge in [-0.3, -0.25) is 0 Å². The molecule has 0 aromatic heterocycles. The van der Waals surface area contributed by atoms with Crippen LogP contribution in [0, 0.1) is 5.92 Å². The molecule has 1 atom stereocenters. The Bertz CT molecular complexity index is 404. The molecule has 0 heterocycles. The van der Waals surface area contributed by atoms with E-state index in [1.807, 2.05) is 12.1 Å². The summed E-state index contributed by atoms with van der Waals surface area (Å²) in [5.41, 5.74) is 7.95. The highest BCUT2D eigenvalue weighted by Gasteiger charge is 2.11. The number of aliphatic hydroxyl groups is 1. The van der Waals surface area contributed by atoms with Gasteiger partial charge < -0.3 is 15.9 Å². The number of phenolic OH excluding ortho intramolecular Hbond substituents is 1. The van der Waals surface area contributed by atoms with Crippen LogP contribution in [0.2, 0.25) is 0 Å². The lowest BCUT2D eigenvalue weighted by molar-refractivity contribution is 0.275. The third-order valence-electron chi connectivity index (χ3n) is 3.93. The summed E-state index contributed by atoms with van der Waals surface area (Å²) in [6.07, 6.45) is 7.88. The van der Waals surface area contributed by atoms with Crippen molar-refractivity contribution in [1.82, 2.24) is 0 Å². The van der Waals surface area contributed by atoms with E-state index in [0.717, 1.165) is 17.9 Å². The van der Waals surface area contributed by atoms with Crippen molar-refractivity contribution < 1.29 is 10.2 Å². The van der Waals surface area contributed by atoms with Crippen molar-refractivity contribution >= 4 is 0 Å². The van der Waals surface area contributed by atoms with E-state index in [1.165, 1.54) is 37.7 Å². The highest BCUT2D eigenvalue weighted by molar-refractivity contribution is 5.38. The molecule has 4 N–H and O–H groups in total. The van der Waals surface area contributed by atoms with Crippen LogP contribution in [0.15, 0.2) is 18.2 Å². The molecule has 0 aliphatic carbocycles. The molecule has 0 aliphatic heterocycles. The molecule has 0 aliphatic rings. The predicted octanol–water partition coefficient (Wildman–Crippen LogP) is 3.92. The van der Waals surface area contributed by atoms with Crippen LogP contribution in [0.1, 0.15) is 69.5 Å². The fraction of sp³-hybridized carbons (Fsp3) is 0.667. The second-order valence-corrected chi connectivity index (χ2v) is 6.36. The van der Waals surface area contributed by atoms with Crippen LogP contribution >= 0.6 is 0 Å². The molecule has 21 heavy (non-hydrogen) atoms. The first-order valence-corrected chi connectivity index (χ1v) is 8.22. The van der Waals surface area contributed by atoms with E-state index in [9.17, 15) is 5.11 Å². The summed E-state index contributed by atoms with van der Waals surface area (Å²) in [6.45, 7) is 4.59. The van der Waals surface area contributed by atoms with E-state index in [0.29, 0.717) is 6.42 Å². The molecule has 120 valence electrons. The first-order chi connectivity index (χ1) is 10.0. The smallest absolute Gasteiger partial charge is 0.120 e. The van der Waals surface area contributed by atoms with Crippen molar-refractivity contribution in [2.24, 2.45) is 11.7 Å². The number of unbranched alkanes of at least 4 members (excludes halogenated alkanes) is 3. The summed E-state index contributed by atoms with van der Waals surface area (Å²) in [5, 5.41) is 18.8. The number of benzene rings is 1. The monoisotopic (exact) mass is 293 g/mol. The molecule has 0 spiro atoms. The Morgan fingerprint density at radius 3 is 2.43 bits per heavy atom. The number of aromatic hydroxyl groups is 1. The summed E-state index contributed by atoms with van der Waals surface area (Å²) in [5.74, 6) is 1.04. The number of rotatable bonds is 10. The molecule has 1 aromatic carbocycles. The van der Waals surface area contributed by atoms with Gasteiger partial charge in [-0.05, 0) is 36.8 Å². The van der Waals surface area contributed by atoms with E-state index in [-0.39, 0.29) is 18.4 Å². The first-order valence-electron chi connectivity index (χ1n) is 8.22. The van der Waals surface area contributed by atoms with Gasteiger partial charge in [-0.15, -0.1) is 0 Å². The Kier molecular flexibility index (Phi) is 8.40. The van der Waals surface area contributed by atoms with Crippen molar-refractivity contribution in [3.8, 4) is 5.75 Å². The van der Waals surface area contributed by atoms with Gasteiger partial charge in [0.2, 0.25) is 0 Å². The molecule has 0 saturated heterocycles. The van der Waals surface area contributed by atoms with E-state index in [1.54, 1.807) is 6.07 Å². The first kappa shape index (κ1) is 18.0. The zero-order chi connectivity index (χ0) is 15.7. The zero-order valence-electron chi connectivity index (χ0n) is 13.5. The average Bonchev–Trinajstić information content (AvgIpc) is 2.44. The molecular formula is C18H31NO2. The molecule has 3 heteroatoms. The standard InChI is InChI=1S/C18H31NO2/c1-14(2)7-5-3-4-6-8-15-9-10-18(21)16(13-15)17(19)11-12-20/h9-10,13-14,17,20-21H,3-8,11-12,19H2,1-2H3. The van der Waals surface area contributed by atoms with Gasteiger partial charge in [0.25, 0.3) is 0 Å². The summed E-state index contributed by atoms with van der Waals surface area (Å²) >= 11 is 0. The van der Waals surface area contributed by atoms with Gasteiger partial charge in [-0.25, -0.2) is 0 Å². The van der Waals surface area contributed by atoms with Crippen molar-refractivity contribution in [3.63, 3.8) is 0 Å². The molecule has 0 fully saturated rings. The second kappa shape index (κ2) is 9.80. The molecule has 0 saturated carbocycles. The third kappa shape index (κ3) is 6.96. The van der Waals surface area contributed by atoms with Gasteiger partial charge in [0.05, 0.1) is 0 Å². The predicted molar refractivity (Wildman–Crippen MR) is 88.4 cm³/mol. The Hall–Kier alpha value is -1.06. The fourth-order valence-corrected chi connectivity index (χ4v) is 2.59. The van der Waals surface area contributed by atoms with Crippen LogP contribution in [0.25, 0.3) is 0 Å². The van der Waals surface area contributed by atoms with Crippen molar-refractivity contribution in [2.45, 2.75) is 64.8 Å². The second-order valence-electron chi connectivity index (χ2n) is 6.36. The maximum atomic E-state index is 9.86. The summed E-state index contributed by atoms with van der Waals surface area (Å²) < 4.78 is 0. The van der Waals surface area contributed by atoms with Crippen molar-refractivity contribution in [1.29, 1.82) is 0 Å². The molecule has 1 unspecified atom stereocenters. The summed E-state index contributed by atoms with van der Waals surface area (Å²) in [4.78, 5) is 0. The third-order valence-corrected chi connectivity index (χ3v) is 3.93. The van der Waals surface area contributed by atoms with Crippen LogP contribution < -0.4 is 5.73 Å². The lowest BCUT2D eigenvalue weighted by Crippen LogP contribution is -2.12. The number of aryl methyl sites for hydroxylation is 1. The SMILES string of the molecule is CC(C)CCCCCCc1ccc(O)c(C(N)CCO)c1. The van der Waals surface area contributed by atoms with Gasteiger partial charge in [0.15, 0.2) is 0 Å². The lowest BCUT2D eigenvalue weighted by Gasteiger charge is -2.14. The Balaban J connectivity index is 2.40. The van der Waals surface area contributed by atoms with Crippen LogP contribution in [0.4, 0.5) is 0 Å². The Morgan fingerprint density at radius 2 is 1.76 bits per heavy atom. The summed E-state index contributed by atoms with van der Waals surface area (Å²) in [6, 6.07) is 5.39. The highest BCUT2D eigenvalue weighted by atomic mass is 16.3. The molecular weight excluding hydrogens is 262 g/mol. The van der Waals surface area contributed by atoms with E-state index < -0.39 is 0 Å². The fourth-order valence-electron chi connectivity index (χ4n) is 2.59.